The van der Waals surface area contributed by atoms with Crippen molar-refractivity contribution in [3.8, 4) is 23.0 Å². The molecule has 0 amide bonds. The second-order valence-corrected chi connectivity index (χ2v) is 9.61. The van der Waals surface area contributed by atoms with Crippen LogP contribution in [0, 0.1) is 5.92 Å². The molecule has 0 saturated heterocycles. The first-order chi connectivity index (χ1) is 17.9. The van der Waals surface area contributed by atoms with E-state index in [1.165, 1.54) is 0 Å². The number of carboxylic acid groups (broad SMARTS) is 1. The number of aliphatic imine (C=N–C) groups is 1. The zero-order valence-electron chi connectivity index (χ0n) is 21.0. The lowest BCUT2D eigenvalue weighted by molar-refractivity contribution is -0.143. The van der Waals surface area contributed by atoms with Gasteiger partial charge in [0, 0.05) is 18.1 Å². The van der Waals surface area contributed by atoms with Crippen LogP contribution >= 0.6 is 0 Å². The molecule has 1 aliphatic carbocycles. The molecule has 2 heterocycles. The first kappa shape index (κ1) is 23.2. The summed E-state index contributed by atoms with van der Waals surface area (Å²) in [4.78, 5) is 18.0. The zero-order chi connectivity index (χ0) is 25.9. The SMILES string of the molecule is COc1ccc([C@@]23Oc4cc(OC)cc(OC)c4[C@@]24NC(C)=N[C@H]4[C@H](C(=O)O)[C@H]3c2ccccc2)cc1. The molecule has 0 unspecified atom stereocenters. The van der Waals surface area contributed by atoms with E-state index in [1.807, 2.05) is 67.6 Å². The summed E-state index contributed by atoms with van der Waals surface area (Å²) in [5.74, 6) is 0.635. The molecule has 3 aliphatic rings. The number of amidine groups is 1. The van der Waals surface area contributed by atoms with Crippen molar-refractivity contribution in [2.75, 3.05) is 21.3 Å². The number of benzene rings is 3. The Hall–Kier alpha value is -4.20. The normalized spacial score (nSPS) is 28.8. The zero-order valence-corrected chi connectivity index (χ0v) is 21.0. The Kier molecular flexibility index (Phi) is 5.12. The molecule has 5 atom stereocenters. The average molecular weight is 501 g/mol. The van der Waals surface area contributed by atoms with Gasteiger partial charge in [0.1, 0.15) is 28.5 Å². The summed E-state index contributed by atoms with van der Waals surface area (Å²) in [5, 5.41) is 14.3. The number of carbonyl (C=O) groups is 1. The van der Waals surface area contributed by atoms with Crippen molar-refractivity contribution in [3.05, 3.63) is 83.4 Å². The van der Waals surface area contributed by atoms with Crippen LogP contribution in [-0.2, 0) is 15.9 Å². The third-order valence-corrected chi connectivity index (χ3v) is 8.00. The third kappa shape index (κ3) is 2.89. The molecule has 0 radical (unpaired) electrons. The second kappa shape index (κ2) is 8.16. The molecular formula is C29H28N2O6. The van der Waals surface area contributed by atoms with Crippen LogP contribution in [-0.4, -0.2) is 44.3 Å². The molecule has 2 N–H and O–H groups in total. The summed E-state index contributed by atoms with van der Waals surface area (Å²) < 4.78 is 23.9. The van der Waals surface area contributed by atoms with E-state index < -0.39 is 35.0 Å². The molecule has 2 aliphatic heterocycles. The topological polar surface area (TPSA) is 98.6 Å². The van der Waals surface area contributed by atoms with Crippen molar-refractivity contribution < 1.29 is 28.8 Å². The van der Waals surface area contributed by atoms with Crippen LogP contribution in [0.5, 0.6) is 23.0 Å². The van der Waals surface area contributed by atoms with E-state index in [4.69, 9.17) is 23.9 Å². The number of hydrogen-bond acceptors (Lipinski definition) is 7. The number of carboxylic acids is 1. The lowest BCUT2D eigenvalue weighted by atomic mass is 9.68. The summed E-state index contributed by atoms with van der Waals surface area (Å²) in [6, 6.07) is 20.3. The molecule has 3 aromatic rings. The summed E-state index contributed by atoms with van der Waals surface area (Å²) >= 11 is 0. The number of hydrogen-bond donors (Lipinski definition) is 2. The number of rotatable bonds is 6. The van der Waals surface area contributed by atoms with E-state index in [9.17, 15) is 9.90 Å². The van der Waals surface area contributed by atoms with Crippen molar-refractivity contribution in [2.24, 2.45) is 10.9 Å². The quantitative estimate of drug-likeness (QED) is 0.526. The number of ether oxygens (including phenoxy) is 4. The van der Waals surface area contributed by atoms with Gasteiger partial charge in [-0.15, -0.1) is 0 Å². The molecule has 190 valence electrons. The van der Waals surface area contributed by atoms with E-state index in [-0.39, 0.29) is 0 Å². The second-order valence-electron chi connectivity index (χ2n) is 9.61. The van der Waals surface area contributed by atoms with Crippen LogP contribution in [0.2, 0.25) is 0 Å². The van der Waals surface area contributed by atoms with Gasteiger partial charge >= 0.3 is 5.97 Å². The van der Waals surface area contributed by atoms with Crippen molar-refractivity contribution in [1.82, 2.24) is 5.32 Å². The molecule has 6 rings (SSSR count). The maximum atomic E-state index is 13.1. The van der Waals surface area contributed by atoms with Crippen molar-refractivity contribution in [2.45, 2.75) is 30.0 Å². The number of nitrogens with zero attached hydrogens (tertiary/aromatic N) is 1. The molecular weight excluding hydrogens is 472 g/mol. The van der Waals surface area contributed by atoms with Gasteiger partial charge in [-0.3, -0.25) is 9.79 Å². The summed E-state index contributed by atoms with van der Waals surface area (Å²) in [7, 11) is 4.79. The Bertz CT molecular complexity index is 1410. The predicted molar refractivity (Wildman–Crippen MR) is 137 cm³/mol. The monoisotopic (exact) mass is 500 g/mol. The minimum absolute atomic E-state index is 0.546. The van der Waals surface area contributed by atoms with Crippen LogP contribution < -0.4 is 24.3 Å². The van der Waals surface area contributed by atoms with E-state index in [1.54, 1.807) is 27.4 Å². The van der Waals surface area contributed by atoms with Gasteiger partial charge in [-0.25, -0.2) is 0 Å². The highest BCUT2D eigenvalue weighted by Crippen LogP contribution is 2.71. The fourth-order valence-corrected chi connectivity index (χ4v) is 6.75. The van der Waals surface area contributed by atoms with Crippen LogP contribution in [0.1, 0.15) is 29.5 Å². The van der Waals surface area contributed by atoms with Gasteiger partial charge < -0.3 is 29.4 Å². The number of methoxy groups -OCH3 is 3. The van der Waals surface area contributed by atoms with E-state index in [0.29, 0.717) is 28.8 Å². The summed E-state index contributed by atoms with van der Waals surface area (Å²) in [6.45, 7) is 1.86. The Morgan fingerprint density at radius 2 is 1.68 bits per heavy atom. The number of aliphatic carboxylic acids is 1. The number of fused-ring (bicyclic) bond motifs is 1. The Morgan fingerprint density at radius 3 is 2.30 bits per heavy atom. The van der Waals surface area contributed by atoms with Gasteiger partial charge in [-0.2, -0.15) is 0 Å². The van der Waals surface area contributed by atoms with Crippen LogP contribution in [0.15, 0.2) is 71.7 Å². The van der Waals surface area contributed by atoms with E-state index in [2.05, 4.69) is 5.32 Å². The highest BCUT2D eigenvalue weighted by atomic mass is 16.5. The predicted octanol–water partition coefficient (Wildman–Crippen LogP) is 4.08. The molecule has 37 heavy (non-hydrogen) atoms. The van der Waals surface area contributed by atoms with Crippen LogP contribution in [0.25, 0.3) is 0 Å². The Morgan fingerprint density at radius 1 is 0.973 bits per heavy atom. The smallest absolute Gasteiger partial charge is 0.309 e. The fraction of sp³-hybridized carbons (Fsp3) is 0.310. The van der Waals surface area contributed by atoms with E-state index >= 15 is 0 Å². The lowest BCUT2D eigenvalue weighted by Crippen LogP contribution is -2.58. The standard InChI is InChI=1S/C29H28N2O6/c1-16-30-26-23(27(32)33)24(17-8-6-5-7-9-17)29(18-10-12-19(34-2)13-11-18)28(26,31-16)25-21(36-4)14-20(35-3)15-22(25)37-29/h5-15,23-24,26H,1-4H3,(H,30,31)(H,32,33)/t23-,24-,26+,28+,29+/m1/s1. The fourth-order valence-electron chi connectivity index (χ4n) is 6.75. The molecule has 1 saturated carbocycles. The molecule has 3 aromatic carbocycles. The first-order valence-corrected chi connectivity index (χ1v) is 12.1. The van der Waals surface area contributed by atoms with Crippen LogP contribution in [0.4, 0.5) is 0 Å². The van der Waals surface area contributed by atoms with Gasteiger partial charge in [0.05, 0.1) is 44.7 Å². The van der Waals surface area contributed by atoms with Gasteiger partial charge in [0.2, 0.25) is 0 Å². The molecule has 8 nitrogen and oxygen atoms in total. The maximum absolute atomic E-state index is 13.1. The van der Waals surface area contributed by atoms with Gasteiger partial charge in [-0.05, 0) is 30.2 Å². The van der Waals surface area contributed by atoms with E-state index in [0.717, 1.165) is 16.7 Å². The molecule has 1 fully saturated rings. The highest BCUT2D eigenvalue weighted by molar-refractivity contribution is 5.88. The molecule has 8 heteroatoms. The van der Waals surface area contributed by atoms with Crippen molar-refractivity contribution >= 4 is 11.8 Å². The third-order valence-electron chi connectivity index (χ3n) is 8.00. The van der Waals surface area contributed by atoms with Crippen molar-refractivity contribution in [3.63, 3.8) is 0 Å². The Balaban J connectivity index is 1.74. The minimum atomic E-state index is -1.18. The van der Waals surface area contributed by atoms with Gasteiger partial charge in [-0.1, -0.05) is 42.5 Å². The lowest BCUT2D eigenvalue weighted by Gasteiger charge is -2.43. The average Bonchev–Trinajstić information content (AvgIpc) is 3.48. The molecule has 0 aromatic heterocycles. The summed E-state index contributed by atoms with van der Waals surface area (Å²) in [6.07, 6.45) is 0. The van der Waals surface area contributed by atoms with Gasteiger partial charge in [0.15, 0.2) is 5.60 Å². The maximum Gasteiger partial charge on any atom is 0.309 e. The molecule has 1 spiro atoms. The largest absolute Gasteiger partial charge is 0.497 e. The Labute approximate surface area is 214 Å². The highest BCUT2D eigenvalue weighted by Gasteiger charge is 2.80. The van der Waals surface area contributed by atoms with Gasteiger partial charge in [0.25, 0.3) is 0 Å². The first-order valence-electron chi connectivity index (χ1n) is 12.1. The minimum Gasteiger partial charge on any atom is -0.497 e. The number of nitrogens with one attached hydrogen (secondary N) is 1. The van der Waals surface area contributed by atoms with Crippen LogP contribution in [0.3, 0.4) is 0 Å². The summed E-state index contributed by atoms with van der Waals surface area (Å²) in [5.41, 5.74) is 0.167. The molecule has 0 bridgehead atoms. The van der Waals surface area contributed by atoms with Crippen molar-refractivity contribution in [1.29, 1.82) is 0 Å².